The lowest BCUT2D eigenvalue weighted by molar-refractivity contribution is -0.137. The molecule has 29 heavy (non-hydrogen) atoms. The highest BCUT2D eigenvalue weighted by molar-refractivity contribution is 6.26. The minimum atomic E-state index is -1.24. The zero-order chi connectivity index (χ0) is 20.6. The Bertz CT molecular complexity index is 1020. The molecule has 4 rings (SSSR count). The second-order valence-corrected chi connectivity index (χ2v) is 7.08. The van der Waals surface area contributed by atoms with E-state index in [1.165, 1.54) is 0 Å². The van der Waals surface area contributed by atoms with Gasteiger partial charge in [-0.25, -0.2) is 0 Å². The minimum Gasteiger partial charge on any atom is -0.509 e. The minimum absolute atomic E-state index is 0.282. The molecule has 2 aliphatic heterocycles. The summed E-state index contributed by atoms with van der Waals surface area (Å²) in [5.41, 5.74) is 0.505. The number of rotatable bonds is 4. The molecule has 0 unspecified atom stereocenters. The van der Waals surface area contributed by atoms with Gasteiger partial charge in [0.25, 0.3) is 5.91 Å². The summed E-state index contributed by atoms with van der Waals surface area (Å²) in [6.45, 7) is 0.0670. The van der Waals surface area contributed by atoms with Crippen LogP contribution in [0.4, 0.5) is 0 Å². The van der Waals surface area contributed by atoms with E-state index in [4.69, 9.17) is 9.84 Å². The smallest absolute Gasteiger partial charge is 0.322 e. The Morgan fingerprint density at radius 3 is 2.38 bits per heavy atom. The van der Waals surface area contributed by atoms with Crippen LogP contribution in [0, 0.1) is 0 Å². The molecule has 1 aromatic carbocycles. The van der Waals surface area contributed by atoms with Crippen molar-refractivity contribution >= 4 is 17.7 Å². The first-order valence-electron chi connectivity index (χ1n) is 9.29. The van der Waals surface area contributed by atoms with Gasteiger partial charge in [0.2, 0.25) is 5.78 Å². The summed E-state index contributed by atoms with van der Waals surface area (Å²) in [7, 11) is 0. The lowest BCUT2D eigenvalue weighted by Crippen LogP contribution is -2.49. The molecule has 8 nitrogen and oxygen atoms in total. The molecule has 8 heteroatoms. The number of fused-ring (bicyclic) bond motifs is 2. The highest BCUT2D eigenvalue weighted by atomic mass is 16.5. The molecule has 2 aliphatic rings. The van der Waals surface area contributed by atoms with Crippen LogP contribution in [0.15, 0.2) is 53.8 Å². The van der Waals surface area contributed by atoms with Crippen molar-refractivity contribution in [2.45, 2.75) is 18.4 Å². The second-order valence-electron chi connectivity index (χ2n) is 7.08. The molecule has 1 saturated heterocycles. The predicted molar refractivity (Wildman–Crippen MR) is 103 cm³/mol. The van der Waals surface area contributed by atoms with Crippen LogP contribution in [0.2, 0.25) is 0 Å². The average molecular weight is 396 g/mol. The Morgan fingerprint density at radius 2 is 1.72 bits per heavy atom. The van der Waals surface area contributed by atoms with Gasteiger partial charge in [0.15, 0.2) is 0 Å². The number of amides is 1. The molecule has 3 heterocycles. The maximum atomic E-state index is 13.1. The van der Waals surface area contributed by atoms with Crippen LogP contribution < -0.4 is 5.32 Å². The van der Waals surface area contributed by atoms with Crippen molar-refractivity contribution in [3.05, 3.63) is 59.5 Å². The number of ketones is 1. The number of carboxylic acids is 1. The topological polar surface area (TPSA) is 118 Å². The molecule has 2 aromatic rings. The van der Waals surface area contributed by atoms with Gasteiger partial charge in [-0.2, -0.15) is 0 Å². The fraction of sp³-hybridized carbons (Fsp3) is 0.286. The maximum absolute atomic E-state index is 13.1. The average Bonchev–Trinajstić information content (AvgIpc) is 3.19. The third-order valence-electron chi connectivity index (χ3n) is 5.46. The molecule has 0 atom stereocenters. The summed E-state index contributed by atoms with van der Waals surface area (Å²) in [5, 5.41) is 22.2. The van der Waals surface area contributed by atoms with E-state index < -0.39 is 35.3 Å². The van der Waals surface area contributed by atoms with Crippen molar-refractivity contribution in [3.63, 3.8) is 0 Å². The normalized spacial score (nSPS) is 17.9. The lowest BCUT2D eigenvalue weighted by Gasteiger charge is -2.43. The molecule has 3 N–H and O–H groups in total. The third kappa shape index (κ3) is 3.01. The standard InChI is InChI=1S/C21H20N2O6/c24-16(25)12-22-20(28)17-18(26)15-7-6-14(13-4-2-1-3-5-13)23(15)21(19(17)27)8-10-29-11-9-21/h1-7,27H,8-12H2,(H,22,28)(H,24,25). The Kier molecular flexibility index (Phi) is 4.71. The number of nitrogens with one attached hydrogen (secondary N) is 1. The van der Waals surface area contributed by atoms with Crippen LogP contribution in [0.5, 0.6) is 0 Å². The molecule has 1 spiro atoms. The molecule has 0 bridgehead atoms. The number of nitrogens with zero attached hydrogens (tertiary/aromatic N) is 1. The fourth-order valence-corrected chi connectivity index (χ4v) is 4.11. The number of aliphatic hydroxyl groups is 1. The van der Waals surface area contributed by atoms with Gasteiger partial charge in [-0.15, -0.1) is 0 Å². The van der Waals surface area contributed by atoms with Crippen LogP contribution in [-0.2, 0) is 19.9 Å². The van der Waals surface area contributed by atoms with Crippen LogP contribution >= 0.6 is 0 Å². The Hall–Kier alpha value is -3.39. The van der Waals surface area contributed by atoms with Crippen LogP contribution in [0.1, 0.15) is 23.3 Å². The fourth-order valence-electron chi connectivity index (χ4n) is 4.11. The van der Waals surface area contributed by atoms with E-state index in [9.17, 15) is 19.5 Å². The first-order valence-corrected chi connectivity index (χ1v) is 9.29. The summed E-state index contributed by atoms with van der Waals surface area (Å²) in [6, 6.07) is 12.9. The third-order valence-corrected chi connectivity index (χ3v) is 5.46. The van der Waals surface area contributed by atoms with Crippen molar-refractivity contribution in [3.8, 4) is 11.3 Å². The first kappa shape index (κ1) is 18.9. The zero-order valence-corrected chi connectivity index (χ0v) is 15.6. The number of carbonyl (C=O) groups is 3. The number of aliphatic carboxylic acids is 1. The van der Waals surface area contributed by atoms with E-state index in [0.717, 1.165) is 11.3 Å². The Labute approximate surface area is 166 Å². The molecular formula is C21H20N2O6. The van der Waals surface area contributed by atoms with E-state index >= 15 is 0 Å². The van der Waals surface area contributed by atoms with Crippen molar-refractivity contribution in [2.24, 2.45) is 0 Å². The first-order chi connectivity index (χ1) is 14.0. The number of aromatic nitrogens is 1. The summed E-state index contributed by atoms with van der Waals surface area (Å²) >= 11 is 0. The van der Waals surface area contributed by atoms with E-state index in [0.29, 0.717) is 26.1 Å². The quantitative estimate of drug-likeness (QED) is 0.679. The monoisotopic (exact) mass is 396 g/mol. The number of benzene rings is 1. The number of ether oxygens (including phenoxy) is 1. The molecule has 0 saturated carbocycles. The van der Waals surface area contributed by atoms with E-state index in [1.54, 1.807) is 16.7 Å². The SMILES string of the molecule is O=C(O)CNC(=O)C1=C(O)C2(CCOCC2)n2c(ccc2-c2ccccc2)C1=O. The van der Waals surface area contributed by atoms with Crippen molar-refractivity contribution in [1.29, 1.82) is 0 Å². The van der Waals surface area contributed by atoms with Gasteiger partial charge in [-0.3, -0.25) is 14.4 Å². The van der Waals surface area contributed by atoms with Crippen LogP contribution in [-0.4, -0.2) is 52.2 Å². The number of carbonyl (C=O) groups excluding carboxylic acids is 2. The van der Waals surface area contributed by atoms with Crippen molar-refractivity contribution in [2.75, 3.05) is 19.8 Å². The molecule has 1 fully saturated rings. The number of aliphatic hydroxyl groups excluding tert-OH is 1. The van der Waals surface area contributed by atoms with E-state index in [-0.39, 0.29) is 11.5 Å². The summed E-state index contributed by atoms with van der Waals surface area (Å²) in [5.74, 6) is -3.11. The molecule has 150 valence electrons. The van der Waals surface area contributed by atoms with Gasteiger partial charge in [-0.05, 0) is 17.7 Å². The number of carboxylic acid groups (broad SMARTS) is 1. The molecule has 1 aromatic heterocycles. The van der Waals surface area contributed by atoms with E-state index in [2.05, 4.69) is 5.32 Å². The largest absolute Gasteiger partial charge is 0.509 e. The highest BCUT2D eigenvalue weighted by Gasteiger charge is 2.49. The number of hydrogen-bond donors (Lipinski definition) is 3. The molecule has 1 amide bonds. The predicted octanol–water partition coefficient (Wildman–Crippen LogP) is 1.87. The molecular weight excluding hydrogens is 376 g/mol. The second kappa shape index (κ2) is 7.21. The Morgan fingerprint density at radius 1 is 1.07 bits per heavy atom. The van der Waals surface area contributed by atoms with Gasteiger partial charge in [0.1, 0.15) is 23.4 Å². The summed E-state index contributed by atoms with van der Waals surface area (Å²) in [4.78, 5) is 36.5. The number of hydrogen-bond acceptors (Lipinski definition) is 5. The zero-order valence-electron chi connectivity index (χ0n) is 15.6. The van der Waals surface area contributed by atoms with Crippen molar-refractivity contribution in [1.82, 2.24) is 9.88 Å². The van der Waals surface area contributed by atoms with E-state index in [1.807, 2.05) is 30.3 Å². The van der Waals surface area contributed by atoms with Gasteiger partial charge < -0.3 is 24.8 Å². The van der Waals surface area contributed by atoms with Gasteiger partial charge in [0.05, 0.1) is 5.69 Å². The maximum Gasteiger partial charge on any atom is 0.322 e. The van der Waals surface area contributed by atoms with Gasteiger partial charge in [-0.1, -0.05) is 30.3 Å². The molecule has 0 radical (unpaired) electrons. The highest BCUT2D eigenvalue weighted by Crippen LogP contribution is 2.45. The Balaban J connectivity index is 1.88. The van der Waals surface area contributed by atoms with Crippen LogP contribution in [0.25, 0.3) is 11.3 Å². The summed E-state index contributed by atoms with van der Waals surface area (Å²) in [6.07, 6.45) is 0.757. The molecule has 0 aliphatic carbocycles. The summed E-state index contributed by atoms with van der Waals surface area (Å²) < 4.78 is 7.28. The van der Waals surface area contributed by atoms with Gasteiger partial charge in [0, 0.05) is 31.7 Å². The number of allylic oxidation sites excluding steroid dienone is 1. The van der Waals surface area contributed by atoms with Gasteiger partial charge >= 0.3 is 5.97 Å². The van der Waals surface area contributed by atoms with Crippen molar-refractivity contribution < 1.29 is 29.3 Å². The van der Waals surface area contributed by atoms with Crippen LogP contribution in [0.3, 0.4) is 0 Å². The number of Topliss-reactive ketones (excluding diaryl/α,β-unsaturated/α-hetero) is 1. The lowest BCUT2D eigenvalue weighted by atomic mass is 9.80.